The first-order valence-corrected chi connectivity index (χ1v) is 11.2. The molecule has 0 radical (unpaired) electrons. The van der Waals surface area contributed by atoms with Gasteiger partial charge in [-0.15, -0.1) is 0 Å². The molecular formula is C23H48. The van der Waals surface area contributed by atoms with Gasteiger partial charge >= 0.3 is 0 Å². The Balaban J connectivity index is 3.53. The Morgan fingerprint density at radius 2 is 0.957 bits per heavy atom. The van der Waals surface area contributed by atoms with Gasteiger partial charge in [-0.2, -0.15) is 0 Å². The molecule has 2 atom stereocenters. The van der Waals surface area contributed by atoms with Crippen molar-refractivity contribution < 1.29 is 0 Å². The van der Waals surface area contributed by atoms with Crippen LogP contribution in [0.5, 0.6) is 0 Å². The predicted octanol–water partition coefficient (Wildman–Crippen LogP) is 8.93. The van der Waals surface area contributed by atoms with E-state index < -0.39 is 0 Å². The first-order chi connectivity index (χ1) is 11.2. The molecule has 0 nitrogen and oxygen atoms in total. The summed E-state index contributed by atoms with van der Waals surface area (Å²) in [5, 5.41) is 0. The summed E-state index contributed by atoms with van der Waals surface area (Å²) in [4.78, 5) is 0. The Morgan fingerprint density at radius 3 is 1.52 bits per heavy atom. The average molecular weight is 325 g/mol. The van der Waals surface area contributed by atoms with Crippen molar-refractivity contribution in [1.82, 2.24) is 0 Å². The molecule has 0 aliphatic heterocycles. The highest BCUT2D eigenvalue weighted by molar-refractivity contribution is 4.64. The van der Waals surface area contributed by atoms with Crippen LogP contribution in [0.15, 0.2) is 0 Å². The second-order valence-electron chi connectivity index (χ2n) is 8.11. The van der Waals surface area contributed by atoms with Crippen LogP contribution in [0.2, 0.25) is 0 Å². The predicted molar refractivity (Wildman–Crippen MR) is 108 cm³/mol. The van der Waals surface area contributed by atoms with Crippen LogP contribution in [-0.2, 0) is 0 Å². The summed E-state index contributed by atoms with van der Waals surface area (Å²) in [7, 11) is 0. The molecule has 0 spiro atoms. The van der Waals surface area contributed by atoms with Gasteiger partial charge < -0.3 is 0 Å². The Hall–Kier alpha value is 0. The van der Waals surface area contributed by atoms with E-state index >= 15 is 0 Å². The number of unbranched alkanes of at least 4 members (excludes halogenated alkanes) is 10. The molecule has 0 N–H and O–H groups in total. The highest BCUT2D eigenvalue weighted by Gasteiger charge is 2.12. The monoisotopic (exact) mass is 324 g/mol. The SMILES string of the molecule is CCCCCCCCCCCC(C)CC(CCC)CCCCC. The van der Waals surface area contributed by atoms with E-state index in [1.54, 1.807) is 0 Å². The molecule has 0 aromatic rings. The molecule has 140 valence electrons. The number of rotatable bonds is 18. The van der Waals surface area contributed by atoms with Crippen molar-refractivity contribution in [2.75, 3.05) is 0 Å². The molecule has 0 aromatic heterocycles. The van der Waals surface area contributed by atoms with E-state index in [1.165, 1.54) is 109 Å². The van der Waals surface area contributed by atoms with Crippen LogP contribution in [0.1, 0.15) is 137 Å². The van der Waals surface area contributed by atoms with Crippen LogP contribution >= 0.6 is 0 Å². The van der Waals surface area contributed by atoms with Crippen molar-refractivity contribution in [3.05, 3.63) is 0 Å². The number of hydrogen-bond donors (Lipinski definition) is 0. The summed E-state index contributed by atoms with van der Waals surface area (Å²) in [5.74, 6) is 1.97. The lowest BCUT2D eigenvalue weighted by Gasteiger charge is -2.20. The van der Waals surface area contributed by atoms with Gasteiger partial charge in [0.2, 0.25) is 0 Å². The minimum Gasteiger partial charge on any atom is -0.0654 e. The van der Waals surface area contributed by atoms with E-state index in [4.69, 9.17) is 0 Å². The normalized spacial score (nSPS) is 14.1. The van der Waals surface area contributed by atoms with E-state index in [0.717, 1.165) is 11.8 Å². The summed E-state index contributed by atoms with van der Waals surface area (Å²) in [6, 6.07) is 0. The van der Waals surface area contributed by atoms with Crippen molar-refractivity contribution in [3.8, 4) is 0 Å². The Morgan fingerprint density at radius 1 is 0.478 bits per heavy atom. The van der Waals surface area contributed by atoms with Crippen LogP contribution in [0, 0.1) is 11.8 Å². The molecule has 23 heavy (non-hydrogen) atoms. The molecule has 0 fully saturated rings. The standard InChI is InChI=1S/C23H48/c1-5-8-10-11-12-13-14-15-17-19-22(4)21-23(18-7-3)20-16-9-6-2/h22-23H,5-21H2,1-4H3. The zero-order valence-corrected chi connectivity index (χ0v) is 17.2. The molecule has 0 heterocycles. The van der Waals surface area contributed by atoms with Gasteiger partial charge in [-0.05, 0) is 18.3 Å². The molecule has 0 aliphatic carbocycles. The minimum atomic E-state index is 0.956. The molecule has 0 amide bonds. The number of hydrogen-bond acceptors (Lipinski definition) is 0. The molecular weight excluding hydrogens is 276 g/mol. The van der Waals surface area contributed by atoms with E-state index in [1.807, 2.05) is 0 Å². The third-order valence-corrected chi connectivity index (χ3v) is 5.45. The third-order valence-electron chi connectivity index (χ3n) is 5.45. The van der Waals surface area contributed by atoms with Gasteiger partial charge in [-0.25, -0.2) is 0 Å². The first-order valence-electron chi connectivity index (χ1n) is 11.2. The van der Waals surface area contributed by atoms with Gasteiger partial charge in [0.15, 0.2) is 0 Å². The maximum Gasteiger partial charge on any atom is -0.0412 e. The van der Waals surface area contributed by atoms with Crippen LogP contribution in [0.3, 0.4) is 0 Å². The fourth-order valence-corrected chi connectivity index (χ4v) is 3.96. The van der Waals surface area contributed by atoms with Crippen LogP contribution < -0.4 is 0 Å². The lowest BCUT2D eigenvalue weighted by Crippen LogP contribution is -2.07. The lowest BCUT2D eigenvalue weighted by atomic mass is 9.86. The summed E-state index contributed by atoms with van der Waals surface area (Å²) in [5.41, 5.74) is 0. The van der Waals surface area contributed by atoms with E-state index in [0.29, 0.717) is 0 Å². The fraction of sp³-hybridized carbons (Fsp3) is 1.00. The fourth-order valence-electron chi connectivity index (χ4n) is 3.96. The summed E-state index contributed by atoms with van der Waals surface area (Å²) in [6.45, 7) is 9.49. The van der Waals surface area contributed by atoms with Crippen molar-refractivity contribution in [2.24, 2.45) is 11.8 Å². The topological polar surface area (TPSA) is 0 Å². The Labute approximate surface area is 149 Å². The molecule has 0 heteroatoms. The van der Waals surface area contributed by atoms with Gasteiger partial charge in [0.05, 0.1) is 0 Å². The molecule has 0 rings (SSSR count). The van der Waals surface area contributed by atoms with E-state index in [9.17, 15) is 0 Å². The van der Waals surface area contributed by atoms with Gasteiger partial charge in [-0.3, -0.25) is 0 Å². The summed E-state index contributed by atoms with van der Waals surface area (Å²) >= 11 is 0. The Kier molecular flexibility index (Phi) is 18.3. The highest BCUT2D eigenvalue weighted by atomic mass is 14.2. The van der Waals surface area contributed by atoms with Crippen molar-refractivity contribution in [2.45, 2.75) is 137 Å². The summed E-state index contributed by atoms with van der Waals surface area (Å²) < 4.78 is 0. The smallest absolute Gasteiger partial charge is 0.0412 e. The largest absolute Gasteiger partial charge is 0.0654 e. The second kappa shape index (κ2) is 18.3. The third kappa shape index (κ3) is 16.6. The van der Waals surface area contributed by atoms with Crippen LogP contribution in [0.25, 0.3) is 0 Å². The van der Waals surface area contributed by atoms with Gasteiger partial charge in [0, 0.05) is 0 Å². The van der Waals surface area contributed by atoms with Crippen LogP contribution in [-0.4, -0.2) is 0 Å². The van der Waals surface area contributed by atoms with E-state index in [2.05, 4.69) is 27.7 Å². The quantitative estimate of drug-likeness (QED) is 0.221. The van der Waals surface area contributed by atoms with Gasteiger partial charge in [0.25, 0.3) is 0 Å². The zero-order valence-electron chi connectivity index (χ0n) is 17.2. The van der Waals surface area contributed by atoms with Gasteiger partial charge in [-0.1, -0.05) is 130 Å². The highest BCUT2D eigenvalue weighted by Crippen LogP contribution is 2.26. The molecule has 0 saturated heterocycles. The maximum atomic E-state index is 2.51. The van der Waals surface area contributed by atoms with Crippen molar-refractivity contribution >= 4 is 0 Å². The Bertz CT molecular complexity index is 208. The molecule has 0 aromatic carbocycles. The molecule has 2 unspecified atom stereocenters. The van der Waals surface area contributed by atoms with Gasteiger partial charge in [0.1, 0.15) is 0 Å². The zero-order chi connectivity index (χ0) is 17.2. The lowest BCUT2D eigenvalue weighted by molar-refractivity contribution is 0.320. The van der Waals surface area contributed by atoms with Crippen LogP contribution in [0.4, 0.5) is 0 Å². The second-order valence-corrected chi connectivity index (χ2v) is 8.11. The average Bonchev–Trinajstić information content (AvgIpc) is 2.53. The molecule has 0 aliphatic rings. The maximum absolute atomic E-state index is 2.51. The molecule has 0 bridgehead atoms. The molecule has 0 saturated carbocycles. The minimum absolute atomic E-state index is 0.956. The summed E-state index contributed by atoms with van der Waals surface area (Å²) in [6.07, 6.45) is 24.7. The van der Waals surface area contributed by atoms with Crippen molar-refractivity contribution in [1.29, 1.82) is 0 Å². The van der Waals surface area contributed by atoms with E-state index in [-0.39, 0.29) is 0 Å². The van der Waals surface area contributed by atoms with Crippen molar-refractivity contribution in [3.63, 3.8) is 0 Å². The first kappa shape index (κ1) is 23.0.